The van der Waals surface area contributed by atoms with Gasteiger partial charge in [0.2, 0.25) is 0 Å². The fraction of sp³-hybridized carbons (Fsp3) is 0.207. The summed E-state index contributed by atoms with van der Waals surface area (Å²) in [6.45, 7) is 2.42. The lowest BCUT2D eigenvalue weighted by Gasteiger charge is -2.27. The maximum Gasteiger partial charge on any atom is 0.326 e. The Morgan fingerprint density at radius 1 is 1.26 bits per heavy atom. The van der Waals surface area contributed by atoms with Crippen LogP contribution in [0.1, 0.15) is 27.9 Å². The number of fused-ring (bicyclic) bond motifs is 3. The topological polar surface area (TPSA) is 83.2 Å². The van der Waals surface area contributed by atoms with Gasteiger partial charge in [-0.3, -0.25) is 9.47 Å². The van der Waals surface area contributed by atoms with E-state index in [1.165, 1.54) is 13.2 Å². The summed E-state index contributed by atoms with van der Waals surface area (Å²) in [4.78, 5) is 19.7. The van der Waals surface area contributed by atoms with Gasteiger partial charge in [-0.1, -0.05) is 35.9 Å². The maximum absolute atomic E-state index is 13.7. The Morgan fingerprint density at radius 2 is 2.13 bits per heavy atom. The van der Waals surface area contributed by atoms with Crippen LogP contribution in [0.15, 0.2) is 60.8 Å². The first-order valence-corrected chi connectivity index (χ1v) is 12.5. The lowest BCUT2D eigenvalue weighted by Crippen LogP contribution is -2.34. The van der Waals surface area contributed by atoms with Gasteiger partial charge in [-0.25, -0.2) is 14.2 Å². The summed E-state index contributed by atoms with van der Waals surface area (Å²) in [5.41, 5.74) is 4.94. The van der Waals surface area contributed by atoms with Gasteiger partial charge in [-0.05, 0) is 53.1 Å². The van der Waals surface area contributed by atoms with Crippen LogP contribution in [0.2, 0.25) is 5.15 Å². The molecular formula is C29H25ClFN5O2. The summed E-state index contributed by atoms with van der Waals surface area (Å²) in [6.07, 6.45) is 6.26. The van der Waals surface area contributed by atoms with Crippen molar-refractivity contribution in [3.63, 3.8) is 0 Å². The molecule has 0 saturated carbocycles. The monoisotopic (exact) mass is 529 g/mol. The number of halogens is 2. The van der Waals surface area contributed by atoms with E-state index >= 15 is 0 Å². The third kappa shape index (κ3) is 5.25. The normalized spacial score (nSPS) is 13.4. The van der Waals surface area contributed by atoms with E-state index in [4.69, 9.17) is 16.3 Å². The van der Waals surface area contributed by atoms with Crippen LogP contribution in [0, 0.1) is 17.1 Å². The Bertz CT molecular complexity index is 1590. The zero-order valence-electron chi connectivity index (χ0n) is 20.7. The summed E-state index contributed by atoms with van der Waals surface area (Å²) >= 11 is 5.98. The fourth-order valence-corrected chi connectivity index (χ4v) is 4.99. The number of methoxy groups -OCH3 is 1. The molecule has 1 aliphatic rings. The van der Waals surface area contributed by atoms with E-state index in [9.17, 15) is 14.4 Å². The molecule has 9 heteroatoms. The average molecular weight is 530 g/mol. The van der Waals surface area contributed by atoms with Crippen LogP contribution < -0.4 is 10.1 Å². The Balaban J connectivity index is 1.38. The first-order chi connectivity index (χ1) is 18.5. The molecule has 0 fully saturated rings. The third-order valence-electron chi connectivity index (χ3n) is 6.64. The largest absolute Gasteiger partial charge is 0.494 e. The number of amides is 1. The molecule has 1 amide bonds. The van der Waals surface area contributed by atoms with Gasteiger partial charge in [0.15, 0.2) is 11.6 Å². The smallest absolute Gasteiger partial charge is 0.326 e. The third-order valence-corrected chi connectivity index (χ3v) is 6.85. The number of hydrogen-bond donors (Lipinski definition) is 1. The quantitative estimate of drug-likeness (QED) is 0.332. The number of carbonyl (C=O) groups excluding carboxylic acids is 1. The molecule has 1 aliphatic heterocycles. The van der Waals surface area contributed by atoms with Crippen molar-refractivity contribution in [3.05, 3.63) is 99.7 Å². The molecule has 3 heterocycles. The summed E-state index contributed by atoms with van der Waals surface area (Å²) in [5.74, 6) is -0.178. The number of nitrogens with zero attached hydrogens (tertiary/aromatic N) is 4. The lowest BCUT2D eigenvalue weighted by atomic mass is 10.0. The molecule has 0 saturated heterocycles. The Hall–Kier alpha value is -4.19. The number of ether oxygens (including phenoxy) is 1. The lowest BCUT2D eigenvalue weighted by molar-refractivity contribution is 0.240. The second-order valence-corrected chi connectivity index (χ2v) is 9.42. The van der Waals surface area contributed by atoms with Gasteiger partial charge >= 0.3 is 6.03 Å². The number of pyridine rings is 1. The summed E-state index contributed by atoms with van der Waals surface area (Å²) in [6, 6.07) is 15.7. The van der Waals surface area contributed by atoms with Crippen LogP contribution in [0.3, 0.4) is 0 Å². The molecule has 2 aromatic heterocycles. The van der Waals surface area contributed by atoms with E-state index in [0.29, 0.717) is 36.8 Å². The molecule has 5 rings (SSSR count). The average Bonchev–Trinajstić information content (AvgIpc) is 3.25. The second-order valence-electron chi connectivity index (χ2n) is 9.03. The van der Waals surface area contributed by atoms with Gasteiger partial charge in [-0.15, -0.1) is 0 Å². The van der Waals surface area contributed by atoms with E-state index in [0.717, 1.165) is 39.8 Å². The van der Waals surface area contributed by atoms with E-state index in [2.05, 4.69) is 21.3 Å². The number of carbonyl (C=O) groups is 1. The Kier molecular flexibility index (Phi) is 7.40. The minimum atomic E-state index is -0.391. The van der Waals surface area contributed by atoms with E-state index in [1.54, 1.807) is 47.2 Å². The minimum absolute atomic E-state index is 0.213. The van der Waals surface area contributed by atoms with Gasteiger partial charge in [0, 0.05) is 49.9 Å². The van der Waals surface area contributed by atoms with Gasteiger partial charge in [-0.2, -0.15) is 5.26 Å². The van der Waals surface area contributed by atoms with Crippen molar-refractivity contribution in [3.8, 4) is 11.8 Å². The number of rotatable bonds is 6. The van der Waals surface area contributed by atoms with Gasteiger partial charge in [0.05, 0.1) is 24.3 Å². The fourth-order valence-electron chi connectivity index (χ4n) is 4.80. The molecule has 2 aromatic carbocycles. The molecule has 0 atom stereocenters. The van der Waals surface area contributed by atoms with Crippen LogP contribution in [0.25, 0.3) is 17.0 Å². The van der Waals surface area contributed by atoms with Crippen LogP contribution >= 0.6 is 11.6 Å². The molecule has 0 radical (unpaired) electrons. The Morgan fingerprint density at radius 3 is 2.92 bits per heavy atom. The number of nitrogens with one attached hydrogen (secondary N) is 1. The molecule has 0 spiro atoms. The highest BCUT2D eigenvalue weighted by Crippen LogP contribution is 2.32. The highest BCUT2D eigenvalue weighted by atomic mass is 35.5. The van der Waals surface area contributed by atoms with Gasteiger partial charge < -0.3 is 10.1 Å². The predicted octanol–water partition coefficient (Wildman–Crippen LogP) is 5.54. The van der Waals surface area contributed by atoms with Crippen molar-refractivity contribution in [2.45, 2.75) is 19.5 Å². The molecule has 192 valence electrons. The maximum atomic E-state index is 13.7. The highest BCUT2D eigenvalue weighted by molar-refractivity contribution is 6.29. The van der Waals surface area contributed by atoms with E-state index in [1.807, 2.05) is 18.2 Å². The van der Waals surface area contributed by atoms with Crippen molar-refractivity contribution < 1.29 is 13.9 Å². The van der Waals surface area contributed by atoms with Crippen molar-refractivity contribution in [2.24, 2.45) is 0 Å². The highest BCUT2D eigenvalue weighted by Gasteiger charge is 2.26. The summed E-state index contributed by atoms with van der Waals surface area (Å²) < 4.78 is 20.5. The molecule has 0 unspecified atom stereocenters. The molecule has 38 heavy (non-hydrogen) atoms. The van der Waals surface area contributed by atoms with E-state index in [-0.39, 0.29) is 11.8 Å². The van der Waals surface area contributed by atoms with Gasteiger partial charge in [0.1, 0.15) is 5.15 Å². The predicted molar refractivity (Wildman–Crippen MR) is 145 cm³/mol. The number of hydrogen-bond acceptors (Lipinski definition) is 5. The molecular weight excluding hydrogens is 505 g/mol. The summed E-state index contributed by atoms with van der Waals surface area (Å²) in [7, 11) is 1.45. The minimum Gasteiger partial charge on any atom is -0.494 e. The van der Waals surface area contributed by atoms with Gasteiger partial charge in [0.25, 0.3) is 0 Å². The van der Waals surface area contributed by atoms with Crippen molar-refractivity contribution in [1.82, 2.24) is 19.8 Å². The molecule has 7 nitrogen and oxygen atoms in total. The van der Waals surface area contributed by atoms with Crippen LogP contribution in [-0.2, 0) is 19.5 Å². The molecule has 4 aromatic rings. The molecule has 1 N–H and O–H groups in total. The zero-order chi connectivity index (χ0) is 26.6. The second kappa shape index (κ2) is 11.1. The van der Waals surface area contributed by atoms with E-state index < -0.39 is 5.82 Å². The van der Waals surface area contributed by atoms with Crippen LogP contribution in [-0.4, -0.2) is 40.7 Å². The van der Waals surface area contributed by atoms with Crippen molar-refractivity contribution in [2.75, 3.05) is 20.2 Å². The SMILES string of the molecule is COc1cc(/C=C/CN2CCc3c(c4ccc(C#N)cc4n3C(=O)NCc3ccnc(Cl)c3)C2)ccc1F. The molecule has 0 aliphatic carbocycles. The van der Waals surface area contributed by atoms with Crippen LogP contribution in [0.5, 0.6) is 5.75 Å². The first kappa shape index (κ1) is 25.5. The van der Waals surface area contributed by atoms with Crippen LogP contribution in [0.4, 0.5) is 9.18 Å². The van der Waals surface area contributed by atoms with Crippen molar-refractivity contribution in [1.29, 1.82) is 5.26 Å². The standard InChI is InChI=1S/C29H25ClFN5O2/c1-38-27-14-19(5-7-24(27)31)3-2-11-35-12-9-25-23(18-35)22-6-4-20(16-32)13-26(22)36(25)29(37)34-17-21-8-10-33-28(30)15-21/h2-8,10,13-15H,9,11-12,17-18H2,1H3,(H,34,37)/b3-2+. The first-order valence-electron chi connectivity index (χ1n) is 12.1. The number of nitriles is 1. The zero-order valence-corrected chi connectivity index (χ0v) is 21.5. The summed E-state index contributed by atoms with van der Waals surface area (Å²) in [5, 5.41) is 13.8. The van der Waals surface area contributed by atoms with Crippen molar-refractivity contribution >= 4 is 34.6 Å². The Labute approximate surface area is 224 Å². The number of benzene rings is 2. The number of aromatic nitrogens is 2. The molecule has 0 bridgehead atoms.